The van der Waals surface area contributed by atoms with Crippen molar-refractivity contribution in [2.75, 3.05) is 40.9 Å². The van der Waals surface area contributed by atoms with Crippen molar-refractivity contribution in [3.63, 3.8) is 0 Å². The largest absolute Gasteiger partial charge is 1.00 e. The van der Waals surface area contributed by atoms with Gasteiger partial charge in [0.2, 0.25) is 12.7 Å². The first-order valence-corrected chi connectivity index (χ1v) is 31.6. The van der Waals surface area contributed by atoms with Gasteiger partial charge < -0.3 is 82.6 Å². The molecule has 0 amide bonds. The molecule has 0 unspecified atom stereocenters. The van der Waals surface area contributed by atoms with Gasteiger partial charge in [-0.25, -0.2) is 50.7 Å². The van der Waals surface area contributed by atoms with Gasteiger partial charge in [-0.05, 0) is 111 Å². The minimum Gasteiger partial charge on any atom is -1.00 e. The van der Waals surface area contributed by atoms with Gasteiger partial charge in [0, 0.05) is 89.1 Å². The Hall–Kier alpha value is -6.95. The van der Waals surface area contributed by atoms with Gasteiger partial charge in [0.1, 0.15) is 41.8 Å². The highest BCUT2D eigenvalue weighted by molar-refractivity contribution is 9.09. The third kappa shape index (κ3) is 29.0. The highest BCUT2D eigenvalue weighted by Crippen LogP contribution is 2.22. The van der Waals surface area contributed by atoms with E-state index < -0.39 is 0 Å². The lowest BCUT2D eigenvalue weighted by molar-refractivity contribution is -0.696. The SMILES string of the molecule is CCCCCCCBr.Cn1cc[n+](C)c1N=Nc1ccc(NCCC[n+]2ccn(CCCCCCn3cc[n+](CCCNc4ccc(N=Nc5n(C)cc[n+]5C)cc4)c3)c2)cc1.Cn1cc[n+](C)c1N=Nc1ccc(NCCCn2ccnc2)cc1.[Cl-].[Cl-].[Cl-].[Cl-].[Cl-]. The van der Waals surface area contributed by atoms with Crippen LogP contribution in [0, 0.1) is 0 Å². The Morgan fingerprint density at radius 1 is 0.407 bits per heavy atom. The number of hydrogen-bond acceptors (Lipinski definition) is 10. The summed E-state index contributed by atoms with van der Waals surface area (Å²) in [5.74, 6) is 2.41. The van der Waals surface area contributed by atoms with E-state index in [1.807, 2.05) is 168 Å². The third-order valence-electron chi connectivity index (χ3n) is 14.4. The van der Waals surface area contributed by atoms with Gasteiger partial charge in [0.15, 0.2) is 0 Å². The van der Waals surface area contributed by atoms with Crippen LogP contribution in [0.15, 0.2) is 197 Å². The van der Waals surface area contributed by atoms with Crippen molar-refractivity contribution in [2.45, 2.75) is 117 Å². The highest BCUT2D eigenvalue weighted by atomic mass is 79.9. The monoisotopic (exact) mass is 1410 g/mol. The van der Waals surface area contributed by atoms with Crippen LogP contribution in [0.4, 0.5) is 52.0 Å². The summed E-state index contributed by atoms with van der Waals surface area (Å²) in [7, 11) is 11.7. The molecule has 0 saturated heterocycles. The van der Waals surface area contributed by atoms with Crippen LogP contribution in [0.25, 0.3) is 0 Å². The molecule has 9 aromatic rings. The molecule has 3 N–H and O–H groups in total. The topological polar surface area (TPSA) is 172 Å². The van der Waals surface area contributed by atoms with E-state index in [1.165, 1.54) is 63.1 Å². The zero-order valence-corrected chi connectivity index (χ0v) is 59.1. The number of halogens is 6. The number of aryl methyl sites for hydroxylation is 11. The molecule has 9 rings (SSSR count). The number of hydrogen-bond donors (Lipinski definition) is 3. The summed E-state index contributed by atoms with van der Waals surface area (Å²) in [4.78, 5) is 4.04. The smallest absolute Gasteiger partial charge is 0.421 e. The summed E-state index contributed by atoms with van der Waals surface area (Å²) in [6.07, 6.45) is 45.6. The van der Waals surface area contributed by atoms with E-state index >= 15 is 0 Å². The predicted molar refractivity (Wildman–Crippen MR) is 343 cm³/mol. The second-order valence-corrected chi connectivity index (χ2v) is 22.4. The van der Waals surface area contributed by atoms with Gasteiger partial charge >= 0.3 is 17.8 Å². The Balaban J connectivity index is 0.000000634. The first-order chi connectivity index (χ1) is 42.0. The Bertz CT molecular complexity index is 3190. The minimum atomic E-state index is 0. The molecule has 0 aliphatic rings. The van der Waals surface area contributed by atoms with Crippen molar-refractivity contribution < 1.29 is 84.9 Å². The van der Waals surface area contributed by atoms with Gasteiger partial charge in [0.25, 0.3) is 0 Å². The van der Waals surface area contributed by atoms with Gasteiger partial charge in [-0.15, -0.1) is 0 Å². The predicted octanol–water partition coefficient (Wildman–Crippen LogP) is -2.38. The average Bonchev–Trinajstić information content (AvgIpc) is 4.65. The number of nitrogens with one attached hydrogen (secondary N) is 3. The van der Waals surface area contributed by atoms with Crippen LogP contribution >= 0.6 is 15.9 Å². The lowest BCUT2D eigenvalue weighted by Gasteiger charge is -2.06. The summed E-state index contributed by atoms with van der Waals surface area (Å²) in [6, 6.07) is 24.2. The van der Waals surface area contributed by atoms with Crippen molar-refractivity contribution in [2.24, 2.45) is 73.0 Å². The van der Waals surface area contributed by atoms with E-state index in [9.17, 15) is 0 Å². The van der Waals surface area contributed by atoms with E-state index in [0.29, 0.717) is 0 Å². The number of rotatable bonds is 33. The van der Waals surface area contributed by atoms with E-state index in [1.54, 1.807) is 6.20 Å². The van der Waals surface area contributed by atoms with Crippen LogP contribution in [0.1, 0.15) is 84.0 Å². The van der Waals surface area contributed by atoms with E-state index in [4.69, 9.17) is 0 Å². The second-order valence-electron chi connectivity index (χ2n) is 21.6. The van der Waals surface area contributed by atoms with E-state index in [-0.39, 0.29) is 62.0 Å². The van der Waals surface area contributed by atoms with Crippen LogP contribution < -0.4 is 101 Å². The number of aromatic nitrogens is 12. The fourth-order valence-electron chi connectivity index (χ4n) is 9.36. The molecule has 6 heterocycles. The molecule has 21 nitrogen and oxygen atoms in total. The fraction of sp³-hybridized carbons (Fsp3) is 0.438. The van der Waals surface area contributed by atoms with Gasteiger partial charge in [-0.2, -0.15) is 0 Å². The van der Waals surface area contributed by atoms with Gasteiger partial charge in [-0.3, -0.25) is 0 Å². The van der Waals surface area contributed by atoms with Crippen LogP contribution in [-0.2, 0) is 75.0 Å². The Kier molecular flexibility index (Phi) is 39.9. The van der Waals surface area contributed by atoms with Crippen molar-refractivity contribution in [3.8, 4) is 0 Å². The van der Waals surface area contributed by atoms with E-state index in [2.05, 4.69) is 159 Å². The number of benzene rings is 3. The molecule has 0 radical (unpaired) electrons. The number of alkyl halides is 1. The molecule has 27 heteroatoms. The van der Waals surface area contributed by atoms with Crippen LogP contribution in [0.2, 0.25) is 0 Å². The summed E-state index contributed by atoms with van der Waals surface area (Å²) in [5, 5.41) is 37.7. The quantitative estimate of drug-likeness (QED) is 0.0181. The summed E-state index contributed by atoms with van der Waals surface area (Å²) in [5.41, 5.74) is 5.78. The maximum atomic E-state index is 4.37. The third-order valence-corrected chi connectivity index (χ3v) is 15.0. The zero-order chi connectivity index (χ0) is 60.6. The standard InChI is InChI=1S/C40H54N14.C17H21N7.C7H15Br.5ClH/c1-47-25-26-48(2)39(47)45-43-37-15-11-35(12-16-37)41-19-9-23-53-31-29-51(33-53)21-7-5-6-8-22-52-30-32-54(34-52)24-10-20-42-36-13-17-38(18-14-36)44-46-40-49(3)27-28-50(40)4;1-22-12-13-23(2)17(22)21-20-16-6-4-15(5-7-16)19-8-3-10-24-11-9-18-14-24;1-2-3-4-5-6-7-8;;;;;/h11-18,25-34H,5-10,19-24H2,1-4H3;4-7,9,11-14H,3,8,10H2,1-2H3;2-7H2,1H3;5*1H/q+2;;;;;;;/p-2. The molecule has 0 spiro atoms. The summed E-state index contributed by atoms with van der Waals surface area (Å²) in [6.45, 7) is 10.1. The lowest BCUT2D eigenvalue weighted by atomic mass is 10.2. The van der Waals surface area contributed by atoms with Crippen molar-refractivity contribution in [3.05, 3.63) is 166 Å². The molecular formula is C64H93BrCl5N21. The maximum Gasteiger partial charge on any atom is 0.421 e. The second kappa shape index (κ2) is 45.3. The van der Waals surface area contributed by atoms with Crippen molar-refractivity contribution in [1.29, 1.82) is 0 Å². The minimum absolute atomic E-state index is 0. The van der Waals surface area contributed by atoms with Crippen LogP contribution in [-0.4, -0.2) is 57.4 Å². The fourth-order valence-corrected chi connectivity index (χ4v) is 9.76. The Morgan fingerprint density at radius 3 is 1.11 bits per heavy atom. The molecule has 0 bridgehead atoms. The van der Waals surface area contributed by atoms with E-state index in [0.717, 1.165) is 124 Å². The molecule has 0 aliphatic carbocycles. The summed E-state index contributed by atoms with van der Waals surface area (Å²) < 4.78 is 22.9. The van der Waals surface area contributed by atoms with Crippen molar-refractivity contribution >= 4 is 67.9 Å². The van der Waals surface area contributed by atoms with Crippen LogP contribution in [0.5, 0.6) is 0 Å². The highest BCUT2D eigenvalue weighted by Gasteiger charge is 2.13. The van der Waals surface area contributed by atoms with Crippen molar-refractivity contribution in [1.82, 2.24) is 32.4 Å². The number of azo groups is 3. The molecule has 0 aliphatic heterocycles. The molecule has 91 heavy (non-hydrogen) atoms. The molecule has 496 valence electrons. The molecule has 0 fully saturated rings. The molecule has 6 aromatic heterocycles. The summed E-state index contributed by atoms with van der Waals surface area (Å²) >= 11 is 3.40. The average molecular weight is 1410 g/mol. The number of unbranched alkanes of at least 4 members (excludes halogenated alkanes) is 7. The molecule has 0 atom stereocenters. The number of nitrogens with zero attached hydrogens (tertiary/aromatic N) is 18. The van der Waals surface area contributed by atoms with Gasteiger partial charge in [-0.1, -0.05) is 63.9 Å². The molecule has 0 saturated carbocycles. The zero-order valence-electron chi connectivity index (χ0n) is 53.8. The van der Waals surface area contributed by atoms with Gasteiger partial charge in [0.05, 0.1) is 112 Å². The Morgan fingerprint density at radius 2 is 0.769 bits per heavy atom. The number of imidazole rings is 6. The molecule has 3 aromatic carbocycles. The molecular weight excluding hydrogens is 1320 g/mol. The first kappa shape index (κ1) is 80.1. The lowest BCUT2D eigenvalue weighted by Crippen LogP contribution is -3.00. The maximum absolute atomic E-state index is 4.37. The van der Waals surface area contributed by atoms with Crippen LogP contribution in [0.3, 0.4) is 0 Å². The Labute approximate surface area is 578 Å². The first-order valence-electron chi connectivity index (χ1n) is 30.4. The normalized spacial score (nSPS) is 10.8. The number of anilines is 3.